The summed E-state index contributed by atoms with van der Waals surface area (Å²) in [5.41, 5.74) is 2.15. The molecular weight excluding hydrogens is 608 g/mol. The second-order valence-corrected chi connectivity index (χ2v) is 31.1. The molecule has 0 saturated heterocycles. The zero-order valence-electron chi connectivity index (χ0n) is 27.8. The topological polar surface area (TPSA) is 18.5 Å². The van der Waals surface area contributed by atoms with Crippen LogP contribution in [0.1, 0.15) is 41.5 Å². The van der Waals surface area contributed by atoms with Gasteiger partial charge in [0.1, 0.15) is 11.5 Å². The Hall–Kier alpha value is -1.77. The van der Waals surface area contributed by atoms with Crippen LogP contribution >= 0.6 is 23.2 Å². The van der Waals surface area contributed by atoms with Crippen LogP contribution in [0.25, 0.3) is 32.7 Å². The first-order valence-corrected chi connectivity index (χ1v) is 25.0. The van der Waals surface area contributed by atoms with Crippen LogP contribution in [0, 0.1) is 0 Å². The van der Waals surface area contributed by atoms with Crippen LogP contribution in [-0.2, 0) is 0 Å². The summed E-state index contributed by atoms with van der Waals surface area (Å²) in [6.45, 7) is 30.2. The summed E-state index contributed by atoms with van der Waals surface area (Å²) in [5, 5.41) is 7.42. The van der Waals surface area contributed by atoms with Crippen molar-refractivity contribution < 1.29 is 8.85 Å². The predicted molar refractivity (Wildman–Crippen MR) is 196 cm³/mol. The van der Waals surface area contributed by atoms with E-state index in [4.69, 9.17) is 32.1 Å². The van der Waals surface area contributed by atoms with Gasteiger partial charge in [-0.05, 0) is 99.4 Å². The van der Waals surface area contributed by atoms with Crippen LogP contribution < -0.4 is 14.0 Å². The van der Waals surface area contributed by atoms with Gasteiger partial charge in [-0.15, -0.1) is 0 Å². The SMILES string of the molecule is CC(C)(C)[Si](C)(C)Oc1ccc2cc(Cl)ccc2c1-c1c(O[Si](C)(C)C(C)(C)C)cc([Si](C)(C)C)c2cc(Cl)ccc12. The summed E-state index contributed by atoms with van der Waals surface area (Å²) in [5.74, 6) is 1.84. The van der Waals surface area contributed by atoms with Crippen molar-refractivity contribution in [1.82, 2.24) is 0 Å². The monoisotopic (exact) mass is 654 g/mol. The molecule has 0 amide bonds. The Bertz CT molecular complexity index is 1660. The standard InChI is InChI=1S/C35H48Cl2O2Si3/c1-34(2,3)41(10,11)38-29-19-14-23-20-24(36)15-17-26(23)32(29)33-27-18-16-25(37)21-28(27)31(40(7,8)9)22-30(33)39-42(12,13)35(4,5)6/h14-22H,1-13H3. The molecule has 0 saturated carbocycles. The molecule has 226 valence electrons. The van der Waals surface area contributed by atoms with E-state index in [0.717, 1.165) is 48.8 Å². The molecule has 42 heavy (non-hydrogen) atoms. The van der Waals surface area contributed by atoms with Crippen molar-refractivity contribution in [2.45, 2.75) is 97.4 Å². The summed E-state index contributed by atoms with van der Waals surface area (Å²) in [7, 11) is -6.22. The smallest absolute Gasteiger partial charge is 0.250 e. The van der Waals surface area contributed by atoms with Crippen molar-refractivity contribution in [3.63, 3.8) is 0 Å². The first-order chi connectivity index (χ1) is 19.0. The highest BCUT2D eigenvalue weighted by Gasteiger charge is 2.42. The van der Waals surface area contributed by atoms with Crippen LogP contribution in [0.5, 0.6) is 11.5 Å². The number of hydrogen-bond donors (Lipinski definition) is 0. The van der Waals surface area contributed by atoms with Gasteiger partial charge in [-0.25, -0.2) is 0 Å². The molecule has 4 rings (SSSR count). The second-order valence-electron chi connectivity index (χ2n) is 15.8. The van der Waals surface area contributed by atoms with E-state index in [1.807, 2.05) is 18.2 Å². The largest absolute Gasteiger partial charge is 0.543 e. The molecule has 4 aromatic rings. The van der Waals surface area contributed by atoms with Crippen LogP contribution in [-0.4, -0.2) is 24.7 Å². The third-order valence-corrected chi connectivity index (χ3v) is 20.6. The van der Waals surface area contributed by atoms with E-state index < -0.39 is 24.7 Å². The van der Waals surface area contributed by atoms with E-state index in [2.05, 4.69) is 124 Å². The summed E-state index contributed by atoms with van der Waals surface area (Å²) in [4.78, 5) is 0. The average molecular weight is 656 g/mol. The van der Waals surface area contributed by atoms with Crippen LogP contribution in [0.3, 0.4) is 0 Å². The van der Waals surface area contributed by atoms with Crippen molar-refractivity contribution in [3.05, 3.63) is 64.6 Å². The lowest BCUT2D eigenvalue weighted by Gasteiger charge is -2.39. The minimum absolute atomic E-state index is 0.0330. The highest BCUT2D eigenvalue weighted by molar-refractivity contribution is 6.90. The van der Waals surface area contributed by atoms with Gasteiger partial charge < -0.3 is 8.85 Å². The fourth-order valence-corrected chi connectivity index (χ4v) is 8.78. The Morgan fingerprint density at radius 3 is 1.52 bits per heavy atom. The zero-order valence-corrected chi connectivity index (χ0v) is 32.3. The minimum atomic E-state index is -2.22. The van der Waals surface area contributed by atoms with E-state index >= 15 is 0 Å². The molecule has 0 spiro atoms. The van der Waals surface area contributed by atoms with Crippen molar-refractivity contribution in [2.75, 3.05) is 0 Å². The summed E-state index contributed by atoms with van der Waals surface area (Å²) in [6.07, 6.45) is 0. The summed E-state index contributed by atoms with van der Waals surface area (Å²) in [6, 6.07) is 19.1. The molecule has 0 fully saturated rings. The lowest BCUT2D eigenvalue weighted by Crippen LogP contribution is -2.45. The van der Waals surface area contributed by atoms with Gasteiger partial charge in [0.25, 0.3) is 16.6 Å². The summed E-state index contributed by atoms with van der Waals surface area (Å²) >= 11 is 13.2. The Morgan fingerprint density at radius 1 is 0.524 bits per heavy atom. The Kier molecular flexibility index (Phi) is 8.67. The van der Waals surface area contributed by atoms with Crippen molar-refractivity contribution in [3.8, 4) is 22.6 Å². The van der Waals surface area contributed by atoms with E-state index in [1.165, 1.54) is 10.6 Å². The quantitative estimate of drug-likeness (QED) is 0.192. The van der Waals surface area contributed by atoms with Gasteiger partial charge in [-0.2, -0.15) is 0 Å². The minimum Gasteiger partial charge on any atom is -0.543 e. The zero-order chi connectivity index (χ0) is 31.6. The van der Waals surface area contributed by atoms with E-state index in [9.17, 15) is 0 Å². The number of hydrogen-bond acceptors (Lipinski definition) is 2. The van der Waals surface area contributed by atoms with Crippen molar-refractivity contribution in [2.24, 2.45) is 0 Å². The Labute approximate surface area is 267 Å². The fraction of sp³-hybridized carbons (Fsp3) is 0.429. The van der Waals surface area contributed by atoms with Crippen molar-refractivity contribution in [1.29, 1.82) is 0 Å². The average Bonchev–Trinajstić information content (AvgIpc) is 2.81. The predicted octanol–water partition coefficient (Wildman–Crippen LogP) is 12.3. The number of halogens is 2. The van der Waals surface area contributed by atoms with E-state index in [1.54, 1.807) is 0 Å². The van der Waals surface area contributed by atoms with Gasteiger partial charge in [0.15, 0.2) is 0 Å². The lowest BCUT2D eigenvalue weighted by atomic mass is 9.92. The van der Waals surface area contributed by atoms with Crippen LogP contribution in [0.2, 0.25) is 66.0 Å². The lowest BCUT2D eigenvalue weighted by molar-refractivity contribution is 0.489. The molecule has 2 nitrogen and oxygen atoms in total. The normalized spacial score (nSPS) is 13.6. The number of benzene rings is 4. The molecule has 0 aliphatic carbocycles. The molecule has 0 aliphatic rings. The van der Waals surface area contributed by atoms with E-state index in [-0.39, 0.29) is 10.1 Å². The molecule has 0 heterocycles. The molecule has 0 radical (unpaired) electrons. The molecular formula is C35H48Cl2O2Si3. The molecule has 4 aromatic carbocycles. The maximum atomic E-state index is 7.31. The molecule has 0 unspecified atom stereocenters. The summed E-state index contributed by atoms with van der Waals surface area (Å²) < 4.78 is 14.5. The Balaban J connectivity index is 2.24. The van der Waals surface area contributed by atoms with E-state index in [0.29, 0.717) is 0 Å². The number of rotatable bonds is 6. The van der Waals surface area contributed by atoms with Crippen LogP contribution in [0.15, 0.2) is 54.6 Å². The van der Waals surface area contributed by atoms with Gasteiger partial charge in [0, 0.05) is 21.2 Å². The molecule has 0 aromatic heterocycles. The van der Waals surface area contributed by atoms with Crippen molar-refractivity contribution >= 4 is 74.6 Å². The maximum absolute atomic E-state index is 7.31. The molecule has 0 aliphatic heterocycles. The number of fused-ring (bicyclic) bond motifs is 2. The molecule has 0 bridgehead atoms. The maximum Gasteiger partial charge on any atom is 0.250 e. The highest BCUT2D eigenvalue weighted by Crippen LogP contribution is 2.50. The van der Waals surface area contributed by atoms with Gasteiger partial charge in [0.2, 0.25) is 0 Å². The highest BCUT2D eigenvalue weighted by atomic mass is 35.5. The first-order valence-electron chi connectivity index (χ1n) is 14.9. The third kappa shape index (κ3) is 6.37. The molecule has 0 atom stereocenters. The molecule has 0 N–H and O–H groups in total. The van der Waals surface area contributed by atoms with Gasteiger partial charge in [-0.1, -0.05) is 103 Å². The first kappa shape index (κ1) is 33.1. The van der Waals surface area contributed by atoms with Gasteiger partial charge in [0.05, 0.1) is 8.07 Å². The Morgan fingerprint density at radius 2 is 1.00 bits per heavy atom. The second kappa shape index (κ2) is 11.0. The molecule has 7 heteroatoms. The van der Waals surface area contributed by atoms with Gasteiger partial charge in [-0.3, -0.25) is 0 Å². The third-order valence-electron chi connectivity index (χ3n) is 9.41. The van der Waals surface area contributed by atoms with Gasteiger partial charge >= 0.3 is 0 Å². The fourth-order valence-electron chi connectivity index (χ4n) is 4.81. The van der Waals surface area contributed by atoms with Crippen LogP contribution in [0.4, 0.5) is 0 Å².